The van der Waals surface area contributed by atoms with Crippen LogP contribution in [0.1, 0.15) is 13.8 Å². The average Bonchev–Trinajstić information content (AvgIpc) is 1.98. The molecule has 0 rings (SSSR count). The maximum atomic E-state index is 8.39. The van der Waals surface area contributed by atoms with Gasteiger partial charge in [0, 0.05) is 12.4 Å². The predicted octanol–water partition coefficient (Wildman–Crippen LogP) is 1.75. The van der Waals surface area contributed by atoms with Crippen LogP contribution in [0, 0.1) is 29.6 Å². The molecular formula is C9H10N2. The summed E-state index contributed by atoms with van der Waals surface area (Å²) in [5.74, 6) is 1.78. The molecule has 1 unspecified atom stereocenters. The van der Waals surface area contributed by atoms with E-state index in [-0.39, 0.29) is 0 Å². The summed E-state index contributed by atoms with van der Waals surface area (Å²) in [6, 6.07) is 1.91. The fourth-order valence-corrected chi connectivity index (χ4v) is 0.392. The molecule has 0 radical (unpaired) electrons. The Morgan fingerprint density at radius 1 is 1.64 bits per heavy atom. The van der Waals surface area contributed by atoms with E-state index in [4.69, 9.17) is 11.7 Å². The van der Waals surface area contributed by atoms with Crippen molar-refractivity contribution in [2.24, 2.45) is 10.9 Å². The minimum Gasteiger partial charge on any atom is -0.267 e. The van der Waals surface area contributed by atoms with Gasteiger partial charge in [-0.15, -0.1) is 6.42 Å². The molecule has 56 valence electrons. The number of hydrogen-bond acceptors (Lipinski definition) is 2. The Kier molecular flexibility index (Phi) is 4.52. The lowest BCUT2D eigenvalue weighted by molar-refractivity contribution is 1.21. The van der Waals surface area contributed by atoms with Crippen molar-refractivity contribution < 1.29 is 0 Å². The summed E-state index contributed by atoms with van der Waals surface area (Å²) in [5.41, 5.74) is 1.08. The first-order valence-electron chi connectivity index (χ1n) is 3.23. The van der Waals surface area contributed by atoms with Gasteiger partial charge >= 0.3 is 0 Å². The minimum absolute atomic E-state index is 0.509. The van der Waals surface area contributed by atoms with Gasteiger partial charge in [-0.2, -0.15) is 5.26 Å². The third-order valence-electron chi connectivity index (χ3n) is 0.887. The smallest absolute Gasteiger partial charge is 0.142 e. The van der Waals surface area contributed by atoms with Crippen molar-refractivity contribution >= 4 is 6.21 Å². The molecule has 0 fully saturated rings. The first-order valence-corrected chi connectivity index (χ1v) is 3.23. The lowest BCUT2D eigenvalue weighted by Crippen LogP contribution is -1.91. The number of rotatable bonds is 2. The van der Waals surface area contributed by atoms with Crippen molar-refractivity contribution in [1.82, 2.24) is 0 Å². The molecule has 0 aliphatic heterocycles. The van der Waals surface area contributed by atoms with E-state index in [1.54, 1.807) is 6.20 Å². The molecule has 1 atom stereocenters. The van der Waals surface area contributed by atoms with Crippen molar-refractivity contribution in [3.05, 3.63) is 11.8 Å². The molecule has 0 aromatic carbocycles. The Morgan fingerprint density at radius 2 is 2.27 bits per heavy atom. The third kappa shape index (κ3) is 4.93. The standard InChI is InChI=1S/C9H10N2/c1-4-9(5-10)7-11-6-8(2)3/h1,6-7,9H,2-3H3. The molecule has 2 heteroatoms. The van der Waals surface area contributed by atoms with E-state index in [1.807, 2.05) is 19.9 Å². The fourth-order valence-electron chi connectivity index (χ4n) is 0.392. The van der Waals surface area contributed by atoms with E-state index in [1.165, 1.54) is 6.21 Å². The zero-order valence-corrected chi connectivity index (χ0v) is 6.70. The van der Waals surface area contributed by atoms with Crippen LogP contribution in [0.2, 0.25) is 0 Å². The van der Waals surface area contributed by atoms with E-state index in [9.17, 15) is 0 Å². The number of nitriles is 1. The van der Waals surface area contributed by atoms with Gasteiger partial charge in [0.25, 0.3) is 0 Å². The highest BCUT2D eigenvalue weighted by Gasteiger charge is 1.93. The first kappa shape index (κ1) is 9.46. The molecule has 0 amide bonds. The lowest BCUT2D eigenvalue weighted by atomic mass is 10.2. The van der Waals surface area contributed by atoms with Crippen molar-refractivity contribution in [2.45, 2.75) is 13.8 Å². The van der Waals surface area contributed by atoms with E-state index < -0.39 is 5.92 Å². The van der Waals surface area contributed by atoms with Crippen LogP contribution < -0.4 is 0 Å². The zero-order valence-electron chi connectivity index (χ0n) is 6.70. The van der Waals surface area contributed by atoms with Crippen LogP contribution in [0.3, 0.4) is 0 Å². The van der Waals surface area contributed by atoms with Crippen LogP contribution in [0.4, 0.5) is 0 Å². The van der Waals surface area contributed by atoms with E-state index >= 15 is 0 Å². The second-order valence-electron chi connectivity index (χ2n) is 2.28. The Bertz CT molecular complexity index is 230. The SMILES string of the molecule is C#CC(C#N)C=NC=C(C)C. The first-order chi connectivity index (χ1) is 5.20. The number of hydrogen-bond donors (Lipinski definition) is 0. The van der Waals surface area contributed by atoms with Gasteiger partial charge in [0.1, 0.15) is 5.92 Å². The van der Waals surface area contributed by atoms with E-state index in [2.05, 4.69) is 10.9 Å². The summed E-state index contributed by atoms with van der Waals surface area (Å²) in [5, 5.41) is 8.39. The maximum absolute atomic E-state index is 8.39. The Morgan fingerprint density at radius 3 is 2.64 bits per heavy atom. The van der Waals surface area contributed by atoms with Gasteiger partial charge < -0.3 is 0 Å². The monoisotopic (exact) mass is 146 g/mol. The molecule has 0 spiro atoms. The largest absolute Gasteiger partial charge is 0.267 e. The van der Waals surface area contributed by atoms with Crippen LogP contribution in [-0.4, -0.2) is 6.21 Å². The highest BCUT2D eigenvalue weighted by Crippen LogP contribution is 1.90. The maximum Gasteiger partial charge on any atom is 0.142 e. The molecule has 0 bridgehead atoms. The van der Waals surface area contributed by atoms with Crippen LogP contribution in [0.15, 0.2) is 16.8 Å². The number of allylic oxidation sites excluding steroid dienone is 1. The predicted molar refractivity (Wildman–Crippen MR) is 45.9 cm³/mol. The van der Waals surface area contributed by atoms with Crippen molar-refractivity contribution in [3.8, 4) is 18.4 Å². The highest BCUT2D eigenvalue weighted by atomic mass is 14.7. The van der Waals surface area contributed by atoms with Crippen LogP contribution >= 0.6 is 0 Å². The second kappa shape index (κ2) is 5.26. The third-order valence-corrected chi connectivity index (χ3v) is 0.887. The highest BCUT2D eigenvalue weighted by molar-refractivity contribution is 5.68. The average molecular weight is 146 g/mol. The summed E-state index contributed by atoms with van der Waals surface area (Å²) in [7, 11) is 0. The zero-order chi connectivity index (χ0) is 8.69. The van der Waals surface area contributed by atoms with Crippen LogP contribution in [0.25, 0.3) is 0 Å². The molecule has 0 N–H and O–H groups in total. The van der Waals surface area contributed by atoms with Crippen molar-refractivity contribution in [2.75, 3.05) is 0 Å². The van der Waals surface area contributed by atoms with Gasteiger partial charge in [-0.3, -0.25) is 4.99 Å². The van der Waals surface area contributed by atoms with E-state index in [0.29, 0.717) is 0 Å². The fraction of sp³-hybridized carbons (Fsp3) is 0.333. The molecule has 0 saturated heterocycles. The topological polar surface area (TPSA) is 36.1 Å². The Hall–Kier alpha value is -1.54. The van der Waals surface area contributed by atoms with Gasteiger partial charge in [-0.05, 0) is 13.8 Å². The van der Waals surface area contributed by atoms with Gasteiger partial charge in [-0.1, -0.05) is 11.5 Å². The quantitative estimate of drug-likeness (QED) is 0.432. The number of terminal acetylenes is 1. The van der Waals surface area contributed by atoms with Gasteiger partial charge in [0.05, 0.1) is 6.07 Å². The van der Waals surface area contributed by atoms with Gasteiger partial charge in [0.2, 0.25) is 0 Å². The van der Waals surface area contributed by atoms with E-state index in [0.717, 1.165) is 5.57 Å². The summed E-state index contributed by atoms with van der Waals surface area (Å²) >= 11 is 0. The number of nitrogens with zero attached hydrogens (tertiary/aromatic N) is 2. The molecule has 0 aliphatic carbocycles. The van der Waals surface area contributed by atoms with Crippen molar-refractivity contribution in [3.63, 3.8) is 0 Å². The molecule has 0 heterocycles. The second-order valence-corrected chi connectivity index (χ2v) is 2.28. The summed E-state index contributed by atoms with van der Waals surface area (Å²) in [4.78, 5) is 3.86. The summed E-state index contributed by atoms with van der Waals surface area (Å²) < 4.78 is 0. The Balaban J connectivity index is 4.06. The molecule has 0 aromatic heterocycles. The lowest BCUT2D eigenvalue weighted by Gasteiger charge is -1.86. The van der Waals surface area contributed by atoms with Crippen LogP contribution in [-0.2, 0) is 0 Å². The molecule has 0 aliphatic rings. The molecule has 0 aromatic rings. The van der Waals surface area contributed by atoms with Crippen molar-refractivity contribution in [1.29, 1.82) is 5.26 Å². The van der Waals surface area contributed by atoms with Gasteiger partial charge in [-0.25, -0.2) is 0 Å². The molecule has 0 saturated carbocycles. The molecular weight excluding hydrogens is 136 g/mol. The molecule has 11 heavy (non-hydrogen) atoms. The van der Waals surface area contributed by atoms with Gasteiger partial charge in [0.15, 0.2) is 0 Å². The number of aliphatic imine (C=N–C) groups is 1. The Labute approximate surface area is 67.3 Å². The molecule has 2 nitrogen and oxygen atoms in total. The minimum atomic E-state index is -0.509. The summed E-state index contributed by atoms with van der Waals surface area (Å²) in [6.07, 6.45) is 8.14. The van der Waals surface area contributed by atoms with Crippen LogP contribution in [0.5, 0.6) is 0 Å². The summed E-state index contributed by atoms with van der Waals surface area (Å²) in [6.45, 7) is 3.85. The normalized spacial score (nSPS) is 11.6.